The minimum Gasteiger partial charge on any atom is -0.457 e. The van der Waals surface area contributed by atoms with E-state index in [0.29, 0.717) is 17.2 Å². The maximum Gasteiger partial charge on any atom is 0.252 e. The van der Waals surface area contributed by atoms with Crippen LogP contribution in [0.15, 0.2) is 42.5 Å². The Morgan fingerprint density at radius 3 is 2.42 bits per heavy atom. The maximum atomic E-state index is 11.3. The van der Waals surface area contributed by atoms with Gasteiger partial charge in [0.15, 0.2) is 0 Å². The summed E-state index contributed by atoms with van der Waals surface area (Å²) in [5.74, 6) is 0.289. The molecule has 5 heteroatoms. The average Bonchev–Trinajstić information content (AvgIpc) is 2.41. The Hall–Kier alpha value is -2.53. The largest absolute Gasteiger partial charge is 0.457 e. The number of nitrogens with two attached hydrogens (primary N) is 2. The Bertz CT molecular complexity index is 594. The van der Waals surface area contributed by atoms with E-state index in [1.54, 1.807) is 36.4 Å². The molecular formula is C14H14N2O3. The van der Waals surface area contributed by atoms with Crippen LogP contribution in [0, 0.1) is 0 Å². The van der Waals surface area contributed by atoms with Gasteiger partial charge in [0.25, 0.3) is 5.91 Å². The molecule has 0 aliphatic rings. The minimum atomic E-state index is -0.603. The lowest BCUT2D eigenvalue weighted by Crippen LogP contribution is -2.12. The fourth-order valence-electron chi connectivity index (χ4n) is 1.62. The molecule has 2 aromatic carbocycles. The summed E-state index contributed by atoms with van der Waals surface area (Å²) < 4.78 is 5.59. The Kier molecular flexibility index (Phi) is 3.68. The van der Waals surface area contributed by atoms with Crippen molar-refractivity contribution >= 4 is 11.6 Å². The van der Waals surface area contributed by atoms with Crippen molar-refractivity contribution in [3.63, 3.8) is 0 Å². The first kappa shape index (κ1) is 12.9. The maximum absolute atomic E-state index is 11.3. The molecule has 0 saturated heterocycles. The topological polar surface area (TPSA) is 98.6 Å². The van der Waals surface area contributed by atoms with Gasteiger partial charge in [-0.1, -0.05) is 12.1 Å². The lowest BCUT2D eigenvalue weighted by atomic mass is 10.1. The highest BCUT2D eigenvalue weighted by Gasteiger charge is 2.10. The molecule has 0 unspecified atom stereocenters. The van der Waals surface area contributed by atoms with Gasteiger partial charge in [-0.25, -0.2) is 0 Å². The summed E-state index contributed by atoms with van der Waals surface area (Å²) in [5, 5.41) is 8.95. The van der Waals surface area contributed by atoms with E-state index in [0.717, 1.165) is 5.56 Å². The Labute approximate surface area is 110 Å². The van der Waals surface area contributed by atoms with Gasteiger partial charge in [0, 0.05) is 5.69 Å². The second-order valence-corrected chi connectivity index (χ2v) is 4.02. The zero-order valence-corrected chi connectivity index (χ0v) is 10.2. The predicted octanol–water partition coefficient (Wildman–Crippen LogP) is 1.65. The monoisotopic (exact) mass is 258 g/mol. The summed E-state index contributed by atoms with van der Waals surface area (Å²) in [7, 11) is 0. The third-order valence-electron chi connectivity index (χ3n) is 2.60. The van der Waals surface area contributed by atoms with Crippen molar-refractivity contribution in [3.8, 4) is 11.5 Å². The van der Waals surface area contributed by atoms with Gasteiger partial charge in [-0.3, -0.25) is 4.79 Å². The summed E-state index contributed by atoms with van der Waals surface area (Å²) in [6, 6.07) is 11.6. The molecule has 0 radical (unpaired) electrons. The Balaban J connectivity index is 2.29. The van der Waals surface area contributed by atoms with Crippen molar-refractivity contribution in [2.45, 2.75) is 6.61 Å². The Morgan fingerprint density at radius 1 is 1.16 bits per heavy atom. The molecule has 2 aromatic rings. The number of nitrogen functional groups attached to an aromatic ring is 1. The molecule has 5 N–H and O–H groups in total. The normalized spacial score (nSPS) is 10.2. The van der Waals surface area contributed by atoms with Gasteiger partial charge in [-0.2, -0.15) is 0 Å². The summed E-state index contributed by atoms with van der Waals surface area (Å²) >= 11 is 0. The predicted molar refractivity (Wildman–Crippen MR) is 71.8 cm³/mol. The standard InChI is InChI=1S/C14H14N2O3/c15-10-3-6-13(12(7-10)14(16)18)19-11-4-1-9(8-17)2-5-11/h1-7,17H,8,15H2,(H2,16,18). The molecular weight excluding hydrogens is 244 g/mol. The second-order valence-electron chi connectivity index (χ2n) is 4.02. The lowest BCUT2D eigenvalue weighted by molar-refractivity contribution is 0.0998. The van der Waals surface area contributed by atoms with Crippen molar-refractivity contribution in [1.82, 2.24) is 0 Å². The number of aliphatic hydroxyl groups excluding tert-OH is 1. The highest BCUT2D eigenvalue weighted by Crippen LogP contribution is 2.27. The summed E-state index contributed by atoms with van der Waals surface area (Å²) in [4.78, 5) is 11.3. The zero-order valence-electron chi connectivity index (χ0n) is 10.2. The zero-order chi connectivity index (χ0) is 13.8. The molecule has 0 saturated carbocycles. The quantitative estimate of drug-likeness (QED) is 0.726. The van der Waals surface area contributed by atoms with E-state index in [-0.39, 0.29) is 12.2 Å². The van der Waals surface area contributed by atoms with E-state index in [4.69, 9.17) is 21.3 Å². The number of hydrogen-bond donors (Lipinski definition) is 3. The molecule has 0 spiro atoms. The summed E-state index contributed by atoms with van der Waals surface area (Å²) in [6.07, 6.45) is 0. The van der Waals surface area contributed by atoms with Gasteiger partial charge in [0.2, 0.25) is 0 Å². The van der Waals surface area contributed by atoms with E-state index in [1.165, 1.54) is 6.07 Å². The number of carbonyl (C=O) groups is 1. The van der Waals surface area contributed by atoms with E-state index in [1.807, 2.05) is 0 Å². The van der Waals surface area contributed by atoms with Gasteiger partial charge in [0.05, 0.1) is 12.2 Å². The number of aliphatic hydroxyl groups is 1. The van der Waals surface area contributed by atoms with Crippen LogP contribution in [0.5, 0.6) is 11.5 Å². The molecule has 0 aromatic heterocycles. The molecule has 0 heterocycles. The molecule has 0 atom stereocenters. The molecule has 0 fully saturated rings. The van der Waals surface area contributed by atoms with Crippen LogP contribution in [-0.4, -0.2) is 11.0 Å². The van der Waals surface area contributed by atoms with Crippen molar-refractivity contribution in [2.24, 2.45) is 5.73 Å². The van der Waals surface area contributed by atoms with E-state index >= 15 is 0 Å². The number of hydrogen-bond acceptors (Lipinski definition) is 4. The number of rotatable bonds is 4. The van der Waals surface area contributed by atoms with Crippen LogP contribution >= 0.6 is 0 Å². The number of carbonyl (C=O) groups excluding carboxylic acids is 1. The lowest BCUT2D eigenvalue weighted by Gasteiger charge is -2.10. The fraction of sp³-hybridized carbons (Fsp3) is 0.0714. The van der Waals surface area contributed by atoms with Gasteiger partial charge in [-0.05, 0) is 35.9 Å². The number of amides is 1. The molecule has 19 heavy (non-hydrogen) atoms. The first-order chi connectivity index (χ1) is 9.10. The van der Waals surface area contributed by atoms with E-state index in [2.05, 4.69) is 0 Å². The molecule has 98 valence electrons. The van der Waals surface area contributed by atoms with Crippen LogP contribution < -0.4 is 16.2 Å². The minimum absolute atomic E-state index is 0.0330. The van der Waals surface area contributed by atoms with Crippen molar-refractivity contribution in [3.05, 3.63) is 53.6 Å². The highest BCUT2D eigenvalue weighted by atomic mass is 16.5. The van der Waals surface area contributed by atoms with E-state index < -0.39 is 5.91 Å². The van der Waals surface area contributed by atoms with Gasteiger partial charge in [-0.15, -0.1) is 0 Å². The SMILES string of the molecule is NC(=O)c1cc(N)ccc1Oc1ccc(CO)cc1. The smallest absolute Gasteiger partial charge is 0.252 e. The third-order valence-corrected chi connectivity index (χ3v) is 2.60. The van der Waals surface area contributed by atoms with E-state index in [9.17, 15) is 4.79 Å². The molecule has 2 rings (SSSR count). The van der Waals surface area contributed by atoms with Crippen molar-refractivity contribution in [1.29, 1.82) is 0 Å². The van der Waals surface area contributed by atoms with Crippen LogP contribution in [0.2, 0.25) is 0 Å². The molecule has 5 nitrogen and oxygen atoms in total. The van der Waals surface area contributed by atoms with Crippen LogP contribution in [0.1, 0.15) is 15.9 Å². The van der Waals surface area contributed by atoms with Crippen LogP contribution in [0.3, 0.4) is 0 Å². The average molecular weight is 258 g/mol. The van der Waals surface area contributed by atoms with Gasteiger partial charge < -0.3 is 21.3 Å². The van der Waals surface area contributed by atoms with Gasteiger partial charge in [0.1, 0.15) is 11.5 Å². The molecule has 0 bridgehead atoms. The van der Waals surface area contributed by atoms with Crippen molar-refractivity contribution < 1.29 is 14.6 Å². The number of benzene rings is 2. The number of ether oxygens (including phenoxy) is 1. The molecule has 0 aliphatic heterocycles. The molecule has 1 amide bonds. The first-order valence-electron chi connectivity index (χ1n) is 5.67. The third kappa shape index (κ3) is 3.02. The summed E-state index contributed by atoms with van der Waals surface area (Å²) in [5.41, 5.74) is 12.3. The first-order valence-corrected chi connectivity index (χ1v) is 5.67. The summed E-state index contributed by atoms with van der Waals surface area (Å²) in [6.45, 7) is -0.0330. The number of primary amides is 1. The second kappa shape index (κ2) is 5.41. The van der Waals surface area contributed by atoms with Crippen LogP contribution in [0.25, 0.3) is 0 Å². The molecule has 0 aliphatic carbocycles. The van der Waals surface area contributed by atoms with Crippen LogP contribution in [0.4, 0.5) is 5.69 Å². The fourth-order valence-corrected chi connectivity index (χ4v) is 1.62. The number of anilines is 1. The van der Waals surface area contributed by atoms with Gasteiger partial charge >= 0.3 is 0 Å². The van der Waals surface area contributed by atoms with Crippen molar-refractivity contribution in [2.75, 3.05) is 5.73 Å². The highest BCUT2D eigenvalue weighted by molar-refractivity contribution is 5.96. The Morgan fingerprint density at radius 2 is 1.84 bits per heavy atom. The van der Waals surface area contributed by atoms with Crippen LogP contribution in [-0.2, 0) is 6.61 Å².